The molecule has 1 aliphatic carbocycles. The van der Waals surface area contributed by atoms with E-state index in [2.05, 4.69) is 58.9 Å². The number of aryl methyl sites for hydroxylation is 1. The lowest BCUT2D eigenvalue weighted by molar-refractivity contribution is -0.147. The van der Waals surface area contributed by atoms with Crippen molar-refractivity contribution in [3.63, 3.8) is 0 Å². The first-order valence-electron chi connectivity index (χ1n) is 13.1. The van der Waals surface area contributed by atoms with Crippen molar-refractivity contribution in [2.24, 2.45) is 5.73 Å². The van der Waals surface area contributed by atoms with Crippen molar-refractivity contribution >= 4 is 23.2 Å². The molecule has 7 nitrogen and oxygen atoms in total. The number of hydrogen-bond donors (Lipinski definition) is 2. The second-order valence-electron chi connectivity index (χ2n) is 10.2. The van der Waals surface area contributed by atoms with E-state index in [4.69, 9.17) is 10.5 Å². The minimum atomic E-state index is -0.496. The number of thiophene rings is 1. The number of rotatable bonds is 9. The summed E-state index contributed by atoms with van der Waals surface area (Å²) in [5.74, 6) is -0.165. The van der Waals surface area contributed by atoms with Crippen LogP contribution in [0, 0.1) is 6.92 Å². The molecule has 2 atom stereocenters. The van der Waals surface area contributed by atoms with E-state index in [9.17, 15) is 9.59 Å². The van der Waals surface area contributed by atoms with Crippen LogP contribution in [0.2, 0.25) is 0 Å². The first-order chi connectivity index (χ1) is 17.4. The summed E-state index contributed by atoms with van der Waals surface area (Å²) < 4.78 is 5.14. The smallest absolute Gasteiger partial charge is 0.249 e. The Morgan fingerprint density at radius 2 is 1.89 bits per heavy atom. The predicted molar refractivity (Wildman–Crippen MR) is 144 cm³/mol. The normalized spacial score (nSPS) is 24.6. The molecule has 1 saturated heterocycles. The average Bonchev–Trinajstić information content (AvgIpc) is 3.39. The van der Waals surface area contributed by atoms with Gasteiger partial charge >= 0.3 is 0 Å². The molecule has 1 saturated carbocycles. The molecule has 1 aliphatic heterocycles. The Hall–Kier alpha value is -2.26. The molecule has 196 valence electrons. The predicted octanol–water partition coefficient (Wildman–Crippen LogP) is 3.45. The number of ether oxygens (including phenoxy) is 1. The Morgan fingerprint density at radius 3 is 2.58 bits per heavy atom. The summed E-state index contributed by atoms with van der Waals surface area (Å²) in [7, 11) is 1.52. The van der Waals surface area contributed by atoms with Crippen molar-refractivity contribution < 1.29 is 14.3 Å². The van der Waals surface area contributed by atoms with Gasteiger partial charge in [-0.2, -0.15) is 0 Å². The fourth-order valence-electron chi connectivity index (χ4n) is 5.52. The molecule has 2 fully saturated rings. The molecule has 1 aromatic carbocycles. The van der Waals surface area contributed by atoms with Gasteiger partial charge in [0.15, 0.2) is 0 Å². The number of carbonyl (C=O) groups excluding carboxylic acids is 2. The van der Waals surface area contributed by atoms with Gasteiger partial charge in [-0.25, -0.2) is 0 Å². The van der Waals surface area contributed by atoms with E-state index < -0.39 is 6.04 Å². The van der Waals surface area contributed by atoms with Crippen molar-refractivity contribution in [1.29, 1.82) is 0 Å². The fourth-order valence-corrected chi connectivity index (χ4v) is 6.25. The molecule has 0 radical (unpaired) electrons. The molecule has 3 N–H and O–H groups in total. The zero-order chi connectivity index (χ0) is 25.5. The summed E-state index contributed by atoms with van der Waals surface area (Å²) in [5, 5.41) is 5.37. The number of benzene rings is 1. The standard InChI is InChI=1S/C28H40N4O3S/c1-20-6-3-4-7-21(20)17-31(18-25-8-5-15-36-25)24-13-14-32(27(33)19-35-2)26(16-24)28(34)30-23-11-9-22(29)10-12-23/h3-8,15,22-24,26H,9-14,16-19,29H2,1-2H3,(H,30,34)/t22?,23?,24?,26-/m1/s1. The van der Waals surface area contributed by atoms with Gasteiger partial charge in [-0.1, -0.05) is 30.3 Å². The summed E-state index contributed by atoms with van der Waals surface area (Å²) in [6.45, 7) is 4.34. The Morgan fingerprint density at radius 1 is 1.11 bits per heavy atom. The van der Waals surface area contributed by atoms with Crippen LogP contribution in [0.25, 0.3) is 0 Å². The molecule has 8 heteroatoms. The number of nitrogens with one attached hydrogen (secondary N) is 1. The summed E-state index contributed by atoms with van der Waals surface area (Å²) in [5.41, 5.74) is 8.63. The van der Waals surface area contributed by atoms with Crippen LogP contribution >= 0.6 is 11.3 Å². The molecule has 1 unspecified atom stereocenters. The molecule has 0 spiro atoms. The molecule has 36 heavy (non-hydrogen) atoms. The molecule has 2 amide bonds. The highest BCUT2D eigenvalue weighted by molar-refractivity contribution is 7.09. The Bertz CT molecular complexity index is 990. The number of carbonyl (C=O) groups is 2. The summed E-state index contributed by atoms with van der Waals surface area (Å²) >= 11 is 1.76. The number of piperidine rings is 1. The van der Waals surface area contributed by atoms with Crippen LogP contribution in [0.1, 0.15) is 54.5 Å². The SMILES string of the molecule is COCC(=O)N1CCC(N(Cc2cccs2)Cc2ccccc2C)C[C@@H]1C(=O)NC1CCC(N)CC1. The molecular weight excluding hydrogens is 472 g/mol. The number of amides is 2. The van der Waals surface area contributed by atoms with E-state index in [1.54, 1.807) is 16.2 Å². The Labute approximate surface area is 219 Å². The number of methoxy groups -OCH3 is 1. The maximum Gasteiger partial charge on any atom is 0.249 e. The van der Waals surface area contributed by atoms with E-state index >= 15 is 0 Å². The summed E-state index contributed by atoms with van der Waals surface area (Å²) in [4.78, 5) is 32.0. The minimum absolute atomic E-state index is 0.00511. The first-order valence-corrected chi connectivity index (χ1v) is 14.0. The van der Waals surface area contributed by atoms with Crippen LogP contribution in [0.3, 0.4) is 0 Å². The highest BCUT2D eigenvalue weighted by atomic mass is 32.1. The largest absolute Gasteiger partial charge is 0.375 e. The maximum atomic E-state index is 13.6. The van der Waals surface area contributed by atoms with E-state index in [-0.39, 0.29) is 36.5 Å². The first kappa shape index (κ1) is 26.8. The van der Waals surface area contributed by atoms with Crippen LogP contribution in [0.15, 0.2) is 41.8 Å². The van der Waals surface area contributed by atoms with Gasteiger partial charge in [0.2, 0.25) is 11.8 Å². The lowest BCUT2D eigenvalue weighted by Gasteiger charge is -2.43. The van der Waals surface area contributed by atoms with Gasteiger partial charge in [0.25, 0.3) is 0 Å². The Kier molecular flexibility index (Phi) is 9.53. The second-order valence-corrected chi connectivity index (χ2v) is 11.3. The lowest BCUT2D eigenvalue weighted by atomic mass is 9.90. The summed E-state index contributed by atoms with van der Waals surface area (Å²) in [6, 6.07) is 12.8. The number of nitrogens with two attached hydrogens (primary N) is 1. The van der Waals surface area contributed by atoms with Crippen LogP contribution in [0.4, 0.5) is 0 Å². The highest BCUT2D eigenvalue weighted by Crippen LogP contribution is 2.28. The summed E-state index contributed by atoms with van der Waals surface area (Å²) in [6.07, 6.45) is 5.09. The molecule has 4 rings (SSSR count). The number of hydrogen-bond acceptors (Lipinski definition) is 6. The maximum absolute atomic E-state index is 13.6. The molecule has 2 heterocycles. The minimum Gasteiger partial charge on any atom is -0.375 e. The topological polar surface area (TPSA) is 87.9 Å². The third kappa shape index (κ3) is 6.94. The molecule has 1 aromatic heterocycles. The van der Waals surface area contributed by atoms with Gasteiger partial charge in [0.05, 0.1) is 0 Å². The van der Waals surface area contributed by atoms with Gasteiger partial charge in [0, 0.05) is 49.7 Å². The van der Waals surface area contributed by atoms with Crippen LogP contribution in [0.5, 0.6) is 0 Å². The zero-order valence-electron chi connectivity index (χ0n) is 21.5. The van der Waals surface area contributed by atoms with Gasteiger partial charge in [-0.3, -0.25) is 14.5 Å². The highest BCUT2D eigenvalue weighted by Gasteiger charge is 2.39. The number of nitrogens with zero attached hydrogens (tertiary/aromatic N) is 2. The van der Waals surface area contributed by atoms with Crippen LogP contribution in [-0.2, 0) is 27.4 Å². The van der Waals surface area contributed by atoms with Crippen molar-refractivity contribution in [3.8, 4) is 0 Å². The van der Waals surface area contributed by atoms with Crippen LogP contribution in [-0.4, -0.2) is 66.0 Å². The fraction of sp³-hybridized carbons (Fsp3) is 0.571. The van der Waals surface area contributed by atoms with E-state index in [0.717, 1.165) is 45.2 Å². The van der Waals surface area contributed by atoms with E-state index in [1.165, 1.54) is 23.1 Å². The molecular formula is C28H40N4O3S. The van der Waals surface area contributed by atoms with Crippen molar-refractivity contribution in [3.05, 3.63) is 57.8 Å². The monoisotopic (exact) mass is 512 g/mol. The van der Waals surface area contributed by atoms with Crippen molar-refractivity contribution in [1.82, 2.24) is 15.1 Å². The van der Waals surface area contributed by atoms with Crippen molar-refractivity contribution in [2.45, 2.75) is 82.7 Å². The Balaban J connectivity index is 1.53. The van der Waals surface area contributed by atoms with E-state index in [1.807, 2.05) is 0 Å². The number of likely N-dealkylation sites (tertiary alicyclic amines) is 1. The second kappa shape index (κ2) is 12.8. The van der Waals surface area contributed by atoms with Gasteiger partial charge < -0.3 is 20.7 Å². The zero-order valence-corrected chi connectivity index (χ0v) is 22.3. The van der Waals surface area contributed by atoms with Gasteiger partial charge in [-0.15, -0.1) is 11.3 Å². The lowest BCUT2D eigenvalue weighted by Crippen LogP contribution is -2.59. The van der Waals surface area contributed by atoms with Crippen molar-refractivity contribution in [2.75, 3.05) is 20.3 Å². The molecule has 0 bridgehead atoms. The quantitative estimate of drug-likeness (QED) is 0.537. The third-order valence-electron chi connectivity index (χ3n) is 7.67. The molecule has 2 aliphatic rings. The van der Waals surface area contributed by atoms with E-state index in [0.29, 0.717) is 13.0 Å². The van der Waals surface area contributed by atoms with Gasteiger partial charge in [-0.05, 0) is 68.0 Å². The van der Waals surface area contributed by atoms with Crippen LogP contribution < -0.4 is 11.1 Å². The average molecular weight is 513 g/mol. The van der Waals surface area contributed by atoms with Gasteiger partial charge in [0.1, 0.15) is 12.6 Å². The third-order valence-corrected chi connectivity index (χ3v) is 8.54. The molecule has 2 aromatic rings.